The fraction of sp³-hybridized carbons (Fsp3) is 0.762. The molecule has 0 aromatic heterocycles. The predicted molar refractivity (Wildman–Crippen MR) is 356 cm³/mol. The molecule has 0 radical (unpaired) electrons. The lowest BCUT2D eigenvalue weighted by Gasteiger charge is -2.33. The average molecular weight is 1130 g/mol. The fourth-order valence-corrected chi connectivity index (χ4v) is 9.04. The normalized spacial score (nSPS) is 20.2. The first kappa shape index (κ1) is 87.8. The van der Waals surface area contributed by atoms with Crippen molar-refractivity contribution in [3.05, 3.63) is 85.9 Å². The van der Waals surface area contributed by atoms with E-state index in [9.17, 15) is 4.21 Å². The standard InChI is InChI=1S/C8H15N.C7H14N2.C7H13NOS.2C7H13NO.C7H13NS.C6H11NO.7C2H6/c1-8-6-4-3-5-7-9(8)2;1-7-4-5-8(2)6-9(7)3;1-7-4-5-10(3,9)6-8(7)2;1-7-3-5-9-6-4-8(7)2;2*1-7-6-9-5-3-4-8(7)2;1-6-5-8-4-3-7(6)2;7*1-2/h1,3-7H2,2H3;1,4-6H2,2-3H3;1,3-6H2,2H3;3*1,3-6H2,2H3;1,3-5H2,2H3;7*1-2H3. The molecule has 0 aliphatic carbocycles. The topological polar surface area (TPSA) is 70.7 Å². The van der Waals surface area contributed by atoms with Crippen LogP contribution in [0.2, 0.25) is 0 Å². The number of ether oxygens (including phenoxy) is 3. The second-order valence-corrected chi connectivity index (χ2v) is 21.2. The van der Waals surface area contributed by atoms with Crippen LogP contribution in [-0.2, 0) is 23.7 Å². The summed E-state index contributed by atoms with van der Waals surface area (Å²) < 4.78 is 26.9. The Morgan fingerprint density at radius 2 is 0.805 bits per heavy atom. The Bertz CT molecular complexity index is 1410. The highest BCUT2D eigenvalue weighted by molar-refractivity contribution is 8.00. The molecule has 0 bridgehead atoms. The van der Waals surface area contributed by atoms with Crippen LogP contribution in [-0.4, -0.2) is 214 Å². The fourth-order valence-electron chi connectivity index (χ4n) is 6.48. The van der Waals surface area contributed by atoms with Gasteiger partial charge in [0, 0.05) is 153 Å². The van der Waals surface area contributed by atoms with Gasteiger partial charge in [0.05, 0.1) is 45.6 Å². The summed E-state index contributed by atoms with van der Waals surface area (Å²) in [5.41, 5.74) is 8.27. The molecule has 12 nitrogen and oxygen atoms in total. The first-order chi connectivity index (χ1) is 36.7. The Labute approximate surface area is 488 Å². The lowest BCUT2D eigenvalue weighted by Crippen LogP contribution is -2.38. The average Bonchev–Trinajstić information content (AvgIpc) is 3.94. The van der Waals surface area contributed by atoms with Gasteiger partial charge in [-0.25, -0.2) is 0 Å². The van der Waals surface area contributed by atoms with Gasteiger partial charge in [0.1, 0.15) is 0 Å². The van der Waals surface area contributed by atoms with E-state index in [1.54, 1.807) is 0 Å². The Kier molecular flexibility index (Phi) is 70.9. The second-order valence-electron chi connectivity index (χ2n) is 17.5. The molecule has 0 aromatic carbocycles. The Hall–Kier alpha value is -3.01. The molecule has 7 aliphatic rings. The van der Waals surface area contributed by atoms with E-state index in [2.05, 4.69) is 129 Å². The summed E-state index contributed by atoms with van der Waals surface area (Å²) in [6.07, 6.45) is 10.6. The van der Waals surface area contributed by atoms with Crippen molar-refractivity contribution in [1.82, 2.24) is 39.2 Å². The Balaban J connectivity index is -0.000000143. The molecule has 0 aromatic rings. The van der Waals surface area contributed by atoms with Gasteiger partial charge in [-0.1, -0.05) is 149 Å². The molecular formula is C63H134N8O4S2. The molecule has 0 saturated carbocycles. The molecule has 7 aliphatic heterocycles. The van der Waals surface area contributed by atoms with Gasteiger partial charge in [0.2, 0.25) is 0 Å². The van der Waals surface area contributed by atoms with Crippen LogP contribution in [0.3, 0.4) is 0 Å². The molecule has 0 spiro atoms. The van der Waals surface area contributed by atoms with Gasteiger partial charge in [0.25, 0.3) is 0 Å². The molecule has 77 heavy (non-hydrogen) atoms. The molecule has 7 saturated heterocycles. The minimum Gasteiger partial charge on any atom is -0.379 e. The van der Waals surface area contributed by atoms with Crippen LogP contribution in [0.1, 0.15) is 155 Å². The van der Waals surface area contributed by atoms with Crippen molar-refractivity contribution in [2.75, 3.05) is 165 Å². The third-order valence-electron chi connectivity index (χ3n) is 11.7. The van der Waals surface area contributed by atoms with Gasteiger partial charge >= 0.3 is 0 Å². The van der Waals surface area contributed by atoms with Gasteiger partial charge < -0.3 is 48.5 Å². The lowest BCUT2D eigenvalue weighted by molar-refractivity contribution is 0.0849. The zero-order valence-electron chi connectivity index (χ0n) is 55.6. The van der Waals surface area contributed by atoms with E-state index >= 15 is 0 Å². The molecule has 0 amide bonds. The van der Waals surface area contributed by atoms with Crippen LogP contribution in [0.25, 0.3) is 0 Å². The van der Waals surface area contributed by atoms with Crippen molar-refractivity contribution in [3.63, 3.8) is 0 Å². The zero-order valence-corrected chi connectivity index (χ0v) is 57.2. The summed E-state index contributed by atoms with van der Waals surface area (Å²) in [5.74, 6) is 7.36. The molecule has 7 heterocycles. The van der Waals surface area contributed by atoms with E-state index in [-0.39, 0.29) is 0 Å². The van der Waals surface area contributed by atoms with Crippen molar-refractivity contribution in [2.45, 2.75) is 155 Å². The lowest BCUT2D eigenvalue weighted by atomic mass is 10.2. The number of morpholine rings is 1. The van der Waals surface area contributed by atoms with Crippen LogP contribution >= 0.6 is 11.8 Å². The van der Waals surface area contributed by atoms with E-state index in [0.717, 1.165) is 108 Å². The zero-order chi connectivity index (χ0) is 61.4. The summed E-state index contributed by atoms with van der Waals surface area (Å²) in [6, 6.07) is 0. The number of nitrogens with zero attached hydrogens (tertiary/aromatic N) is 8. The van der Waals surface area contributed by atoms with Crippen LogP contribution in [0.5, 0.6) is 0 Å². The maximum Gasteiger partial charge on any atom is 0.0859 e. The third-order valence-corrected chi connectivity index (χ3v) is 14.6. The number of thioether (sulfide) groups is 1. The summed E-state index contributed by atoms with van der Waals surface area (Å²) in [4.78, 5) is 17.3. The molecule has 14 heteroatoms. The molecule has 1 atom stereocenters. The quantitative estimate of drug-likeness (QED) is 0.217. The number of likely N-dealkylation sites (tertiary alicyclic amines) is 1. The minimum atomic E-state index is -1.80. The largest absolute Gasteiger partial charge is 0.379 e. The van der Waals surface area contributed by atoms with E-state index < -0.39 is 9.52 Å². The van der Waals surface area contributed by atoms with Crippen molar-refractivity contribution in [1.29, 1.82) is 0 Å². The first-order valence-electron chi connectivity index (χ1n) is 29.8. The molecule has 7 rings (SSSR count). The van der Waals surface area contributed by atoms with Gasteiger partial charge in [-0.05, 0) is 73.1 Å². The van der Waals surface area contributed by atoms with Gasteiger partial charge in [0.15, 0.2) is 0 Å². The summed E-state index contributed by atoms with van der Waals surface area (Å²) in [7, 11) is 14.7. The molecular weight excluding hydrogens is 997 g/mol. The third kappa shape index (κ3) is 52.1. The minimum absolute atomic E-state index is 0.575. The Morgan fingerprint density at radius 1 is 0.390 bits per heavy atom. The number of rotatable bonds is 0. The van der Waals surface area contributed by atoms with Crippen LogP contribution < -0.4 is 0 Å². The van der Waals surface area contributed by atoms with Gasteiger partial charge in [-0.15, -0.1) is 0 Å². The number of allylic oxidation sites excluding steroid dienone is 2. The van der Waals surface area contributed by atoms with Crippen LogP contribution in [0.4, 0.5) is 0 Å². The van der Waals surface area contributed by atoms with Crippen LogP contribution in [0.15, 0.2) is 85.9 Å². The summed E-state index contributed by atoms with van der Waals surface area (Å²) in [5, 5.41) is 0. The monoisotopic (exact) mass is 1130 g/mol. The van der Waals surface area contributed by atoms with E-state index in [4.69, 9.17) is 14.2 Å². The summed E-state index contributed by atoms with van der Waals surface area (Å²) in [6.45, 7) is 67.7. The van der Waals surface area contributed by atoms with E-state index in [1.165, 1.54) is 73.7 Å². The highest BCUT2D eigenvalue weighted by Gasteiger charge is 2.17. The van der Waals surface area contributed by atoms with Gasteiger partial charge in [-0.3, -0.25) is 9.11 Å². The number of hydrogen-bond acceptors (Lipinski definition) is 13. The highest BCUT2D eigenvalue weighted by Crippen LogP contribution is 2.17. The molecule has 7 fully saturated rings. The maximum absolute atomic E-state index is 11.4. The number of hydrogen-bond donors (Lipinski definition) is 0. The van der Waals surface area contributed by atoms with Gasteiger partial charge in [-0.2, -0.15) is 11.8 Å². The van der Waals surface area contributed by atoms with Crippen molar-refractivity contribution >= 4 is 27.2 Å². The Morgan fingerprint density at radius 3 is 1.30 bits per heavy atom. The molecule has 1 unspecified atom stereocenters. The molecule has 0 N–H and O–H groups in total. The van der Waals surface area contributed by atoms with E-state index in [1.807, 2.05) is 128 Å². The SMILES string of the molecule is C=C1CCCCCN1C.C=C1CCN(C)CN1C.C=C1CCOCCN1C.C=C1CCS(=C)(=O)CN1C.C=C1COCCCN1C.C=C1COCCN1C.C=C1CSCCCN1C.CC.CC.CC.CC.CC.CC.CC. The van der Waals surface area contributed by atoms with Crippen molar-refractivity contribution in [2.24, 2.45) is 0 Å². The van der Waals surface area contributed by atoms with Crippen LogP contribution in [0, 0.1) is 0 Å². The van der Waals surface area contributed by atoms with E-state index in [0.29, 0.717) is 24.8 Å². The summed E-state index contributed by atoms with van der Waals surface area (Å²) >= 11 is 1.99. The number of likely N-dealkylation sites (N-methyl/N-ethyl adjacent to an activating group) is 3. The maximum atomic E-state index is 11.4. The second kappa shape index (κ2) is 62.2. The molecule has 462 valence electrons. The van der Waals surface area contributed by atoms with Crippen molar-refractivity contribution in [3.8, 4) is 0 Å². The first-order valence-corrected chi connectivity index (χ1v) is 33.0. The van der Waals surface area contributed by atoms with Crippen molar-refractivity contribution < 1.29 is 18.4 Å². The highest BCUT2D eigenvalue weighted by atomic mass is 32.2. The smallest absolute Gasteiger partial charge is 0.0859 e. The predicted octanol–water partition coefficient (Wildman–Crippen LogP) is 14.2.